The Bertz CT molecular complexity index is 941. The molecule has 0 saturated carbocycles. The molecule has 0 atom stereocenters. The number of amides is 1. The lowest BCUT2D eigenvalue weighted by Gasteiger charge is -2.31. The zero-order chi connectivity index (χ0) is 19.5. The fraction of sp³-hybridized carbons (Fsp3) is 0.400. The molecule has 0 aromatic carbocycles. The van der Waals surface area contributed by atoms with Gasteiger partial charge < -0.3 is 9.47 Å². The molecule has 1 aliphatic heterocycles. The van der Waals surface area contributed by atoms with Crippen molar-refractivity contribution in [3.05, 3.63) is 54.3 Å². The highest BCUT2D eigenvalue weighted by molar-refractivity contribution is 5.92. The molecule has 3 aromatic heterocycles. The largest absolute Gasteiger partial charge is 0.337 e. The van der Waals surface area contributed by atoms with Crippen molar-refractivity contribution in [1.29, 1.82) is 0 Å². The molecule has 0 aliphatic carbocycles. The van der Waals surface area contributed by atoms with Crippen molar-refractivity contribution in [3.8, 4) is 11.5 Å². The molecule has 3 aromatic rings. The van der Waals surface area contributed by atoms with Crippen molar-refractivity contribution in [1.82, 2.24) is 34.4 Å². The van der Waals surface area contributed by atoms with E-state index in [1.807, 2.05) is 35.8 Å². The number of piperidine rings is 1. The minimum absolute atomic E-state index is 0.0369. The maximum Gasteiger partial charge on any atom is 0.274 e. The molecule has 0 N–H and O–H groups in total. The first-order valence-corrected chi connectivity index (χ1v) is 9.46. The first-order chi connectivity index (χ1) is 13.6. The molecule has 0 bridgehead atoms. The Balaban J connectivity index is 1.32. The summed E-state index contributed by atoms with van der Waals surface area (Å²) in [6.45, 7) is 3.33. The van der Waals surface area contributed by atoms with Gasteiger partial charge in [0.1, 0.15) is 11.4 Å². The van der Waals surface area contributed by atoms with Crippen LogP contribution >= 0.6 is 0 Å². The number of hydrogen-bond donors (Lipinski definition) is 0. The minimum Gasteiger partial charge on any atom is -0.337 e. The summed E-state index contributed by atoms with van der Waals surface area (Å²) in [5.74, 6) is 1.27. The highest BCUT2D eigenvalue weighted by Crippen LogP contribution is 2.22. The van der Waals surface area contributed by atoms with Crippen molar-refractivity contribution < 1.29 is 4.79 Å². The van der Waals surface area contributed by atoms with Crippen molar-refractivity contribution >= 4 is 5.91 Å². The van der Waals surface area contributed by atoms with Crippen LogP contribution in [0.15, 0.2) is 37.2 Å². The third-order valence-corrected chi connectivity index (χ3v) is 5.16. The Labute approximate surface area is 163 Å². The topological polar surface area (TPSA) is 89.7 Å². The lowest BCUT2D eigenvalue weighted by molar-refractivity contribution is 0.0683. The molecule has 8 heteroatoms. The fourth-order valence-corrected chi connectivity index (χ4v) is 3.49. The summed E-state index contributed by atoms with van der Waals surface area (Å²) < 4.78 is 1.93. The Morgan fingerprint density at radius 1 is 1.04 bits per heavy atom. The Morgan fingerprint density at radius 3 is 2.46 bits per heavy atom. The predicted molar refractivity (Wildman–Crippen MR) is 103 cm³/mol. The molecule has 0 unspecified atom stereocenters. The SMILES string of the molecule is Cc1cnc(C(=O)N2CCC(Cc3cnc(-c4nccn4C)cn3)CC2)cn1. The molecule has 1 saturated heterocycles. The second kappa shape index (κ2) is 7.84. The van der Waals surface area contributed by atoms with Crippen LogP contribution in [-0.2, 0) is 13.5 Å². The van der Waals surface area contributed by atoms with E-state index in [0.717, 1.165) is 55.3 Å². The molecule has 28 heavy (non-hydrogen) atoms. The van der Waals surface area contributed by atoms with E-state index < -0.39 is 0 Å². The van der Waals surface area contributed by atoms with Gasteiger partial charge in [-0.2, -0.15) is 0 Å². The van der Waals surface area contributed by atoms with Crippen LogP contribution in [0, 0.1) is 12.8 Å². The second-order valence-corrected chi connectivity index (χ2v) is 7.24. The van der Waals surface area contributed by atoms with Gasteiger partial charge in [0.2, 0.25) is 0 Å². The van der Waals surface area contributed by atoms with Crippen LogP contribution in [0.1, 0.15) is 34.7 Å². The minimum atomic E-state index is -0.0369. The van der Waals surface area contributed by atoms with Gasteiger partial charge in [0, 0.05) is 44.9 Å². The molecule has 4 rings (SSSR count). The number of aromatic nitrogens is 6. The molecular weight excluding hydrogens is 354 g/mol. The van der Waals surface area contributed by atoms with Crippen molar-refractivity contribution in [2.75, 3.05) is 13.1 Å². The van der Waals surface area contributed by atoms with E-state index in [1.165, 1.54) is 0 Å². The molecule has 0 radical (unpaired) electrons. The molecular formula is C20H23N7O. The maximum atomic E-state index is 12.5. The summed E-state index contributed by atoms with van der Waals surface area (Å²) in [5, 5.41) is 0. The lowest BCUT2D eigenvalue weighted by Crippen LogP contribution is -2.39. The number of likely N-dealkylation sites (tertiary alicyclic amines) is 1. The Hall–Kier alpha value is -3.16. The van der Waals surface area contributed by atoms with Gasteiger partial charge >= 0.3 is 0 Å². The Kier molecular flexibility index (Phi) is 5.10. The molecule has 4 heterocycles. The highest BCUT2D eigenvalue weighted by Gasteiger charge is 2.25. The zero-order valence-corrected chi connectivity index (χ0v) is 16.1. The van der Waals surface area contributed by atoms with Crippen LogP contribution in [-0.4, -0.2) is 53.4 Å². The number of imidazole rings is 1. The molecule has 1 aliphatic rings. The second-order valence-electron chi connectivity index (χ2n) is 7.24. The highest BCUT2D eigenvalue weighted by atomic mass is 16.2. The number of aryl methyl sites for hydroxylation is 2. The van der Waals surface area contributed by atoms with Gasteiger partial charge in [-0.15, -0.1) is 0 Å². The monoisotopic (exact) mass is 377 g/mol. The first-order valence-electron chi connectivity index (χ1n) is 9.46. The number of hydrogen-bond acceptors (Lipinski definition) is 6. The molecule has 144 valence electrons. The first kappa shape index (κ1) is 18.2. The predicted octanol–water partition coefficient (Wildman–Crippen LogP) is 2.07. The smallest absolute Gasteiger partial charge is 0.274 e. The van der Waals surface area contributed by atoms with E-state index in [1.54, 1.807) is 24.8 Å². The van der Waals surface area contributed by atoms with Gasteiger partial charge in [0.25, 0.3) is 5.91 Å². The van der Waals surface area contributed by atoms with Crippen LogP contribution in [0.4, 0.5) is 0 Å². The van der Waals surface area contributed by atoms with Gasteiger partial charge in [-0.1, -0.05) is 0 Å². The summed E-state index contributed by atoms with van der Waals surface area (Å²) in [6.07, 6.45) is 13.2. The van der Waals surface area contributed by atoms with Crippen molar-refractivity contribution in [3.63, 3.8) is 0 Å². The van der Waals surface area contributed by atoms with Crippen LogP contribution in [0.25, 0.3) is 11.5 Å². The molecule has 8 nitrogen and oxygen atoms in total. The van der Waals surface area contributed by atoms with Gasteiger partial charge in [-0.05, 0) is 32.1 Å². The van der Waals surface area contributed by atoms with Crippen LogP contribution in [0.5, 0.6) is 0 Å². The lowest BCUT2D eigenvalue weighted by atomic mass is 9.92. The quantitative estimate of drug-likeness (QED) is 0.691. The van der Waals surface area contributed by atoms with Gasteiger partial charge in [0.15, 0.2) is 5.82 Å². The maximum absolute atomic E-state index is 12.5. The Morgan fingerprint density at radius 2 is 1.86 bits per heavy atom. The summed E-state index contributed by atoms with van der Waals surface area (Å²) >= 11 is 0. The number of carbonyl (C=O) groups excluding carboxylic acids is 1. The van der Waals surface area contributed by atoms with E-state index in [-0.39, 0.29) is 5.91 Å². The van der Waals surface area contributed by atoms with E-state index in [9.17, 15) is 4.79 Å². The third-order valence-electron chi connectivity index (χ3n) is 5.16. The van der Waals surface area contributed by atoms with Gasteiger partial charge in [-0.3, -0.25) is 14.8 Å². The van der Waals surface area contributed by atoms with E-state index in [2.05, 4.69) is 24.9 Å². The van der Waals surface area contributed by atoms with Crippen LogP contribution in [0.2, 0.25) is 0 Å². The number of nitrogens with zero attached hydrogens (tertiary/aromatic N) is 7. The third kappa shape index (κ3) is 3.90. The van der Waals surface area contributed by atoms with E-state index in [0.29, 0.717) is 11.6 Å². The summed E-state index contributed by atoms with van der Waals surface area (Å²) in [4.78, 5) is 36.2. The summed E-state index contributed by atoms with van der Waals surface area (Å²) in [6, 6.07) is 0. The zero-order valence-electron chi connectivity index (χ0n) is 16.1. The number of carbonyl (C=O) groups is 1. The molecule has 0 spiro atoms. The molecule has 1 fully saturated rings. The van der Waals surface area contributed by atoms with Gasteiger partial charge in [-0.25, -0.2) is 15.0 Å². The number of rotatable bonds is 4. The standard InChI is InChI=1S/C20H23N7O/c1-14-10-24-18(13-22-14)20(28)27-6-3-15(4-7-27)9-16-11-25-17(12-23-16)19-21-5-8-26(19)2/h5,8,10-13,15H,3-4,6-7,9H2,1-2H3. The van der Waals surface area contributed by atoms with Gasteiger partial charge in [0.05, 0.1) is 23.8 Å². The van der Waals surface area contributed by atoms with E-state index >= 15 is 0 Å². The normalized spacial score (nSPS) is 15.0. The molecule has 1 amide bonds. The van der Waals surface area contributed by atoms with Crippen molar-refractivity contribution in [2.45, 2.75) is 26.2 Å². The van der Waals surface area contributed by atoms with E-state index in [4.69, 9.17) is 0 Å². The van der Waals surface area contributed by atoms with Crippen LogP contribution in [0.3, 0.4) is 0 Å². The summed E-state index contributed by atoms with van der Waals surface area (Å²) in [5.41, 5.74) is 2.98. The van der Waals surface area contributed by atoms with Crippen molar-refractivity contribution in [2.24, 2.45) is 13.0 Å². The summed E-state index contributed by atoms with van der Waals surface area (Å²) in [7, 11) is 1.94. The van der Waals surface area contributed by atoms with Crippen LogP contribution < -0.4 is 0 Å². The average Bonchev–Trinajstić information content (AvgIpc) is 3.15. The fourth-order valence-electron chi connectivity index (χ4n) is 3.49. The average molecular weight is 377 g/mol.